The second kappa shape index (κ2) is 8.00. The summed E-state index contributed by atoms with van der Waals surface area (Å²) in [5.41, 5.74) is 2.52. The number of nitrogens with zero attached hydrogens (tertiary/aromatic N) is 1. The molecule has 1 heterocycles. The Morgan fingerprint density at radius 2 is 1.41 bits per heavy atom. The van der Waals surface area contributed by atoms with Crippen molar-refractivity contribution in [1.29, 1.82) is 0 Å². The molecule has 27 heavy (non-hydrogen) atoms. The first kappa shape index (κ1) is 17.9. The van der Waals surface area contributed by atoms with Crippen LogP contribution in [-0.4, -0.2) is 4.92 Å². The summed E-state index contributed by atoms with van der Waals surface area (Å²) in [6, 6.07) is 27.5. The molecule has 3 aromatic carbocycles. The van der Waals surface area contributed by atoms with Gasteiger partial charge in [0.2, 0.25) is 0 Å². The van der Waals surface area contributed by atoms with Crippen molar-refractivity contribution >= 4 is 40.1 Å². The maximum Gasteiger partial charge on any atom is 0.318 e. The highest BCUT2D eigenvalue weighted by molar-refractivity contribution is 8.03. The number of rotatable bonds is 5. The molecule has 0 radical (unpaired) electrons. The quantitative estimate of drug-likeness (QED) is 0.195. The van der Waals surface area contributed by atoms with E-state index in [1.807, 2.05) is 12.1 Å². The lowest BCUT2D eigenvalue weighted by atomic mass is 10.1. The topological polar surface area (TPSA) is 43.1 Å². The van der Waals surface area contributed by atoms with Gasteiger partial charge in [0.1, 0.15) is 22.7 Å². The van der Waals surface area contributed by atoms with Crippen molar-refractivity contribution in [1.82, 2.24) is 0 Å². The van der Waals surface area contributed by atoms with Crippen LogP contribution in [0, 0.1) is 10.1 Å². The van der Waals surface area contributed by atoms with Crippen LogP contribution in [0.3, 0.4) is 0 Å². The number of hydrogen-bond donors (Lipinski definition) is 0. The molecule has 0 spiro atoms. The number of benzene rings is 3. The van der Waals surface area contributed by atoms with Crippen molar-refractivity contribution in [3.63, 3.8) is 0 Å². The van der Waals surface area contributed by atoms with Gasteiger partial charge in [0.25, 0.3) is 5.69 Å². The molecule has 0 unspecified atom stereocenters. The first-order valence-corrected chi connectivity index (χ1v) is 10.7. The van der Waals surface area contributed by atoms with Gasteiger partial charge in [0.15, 0.2) is 9.75 Å². The van der Waals surface area contributed by atoms with Crippen molar-refractivity contribution in [3.05, 3.63) is 95.0 Å². The van der Waals surface area contributed by atoms with Crippen LogP contribution in [0.5, 0.6) is 0 Å². The van der Waals surface area contributed by atoms with E-state index in [0.29, 0.717) is 0 Å². The van der Waals surface area contributed by atoms with E-state index in [1.165, 1.54) is 24.4 Å². The molecule has 4 rings (SSSR count). The minimum atomic E-state index is -0.372. The zero-order valence-electron chi connectivity index (χ0n) is 14.1. The second-order valence-electron chi connectivity index (χ2n) is 5.70. The first-order valence-electron chi connectivity index (χ1n) is 8.21. The van der Waals surface area contributed by atoms with Gasteiger partial charge >= 0.3 is 3.52 Å². The summed E-state index contributed by atoms with van der Waals surface area (Å²) in [4.78, 5) is 14.0. The molecule has 0 aliphatic heterocycles. The molecule has 0 fully saturated rings. The number of nitro groups is 1. The summed E-state index contributed by atoms with van der Waals surface area (Å²) >= 11 is 5.17. The van der Waals surface area contributed by atoms with E-state index in [4.69, 9.17) is 0 Å². The minimum Gasteiger partial charge on any atom is -0.258 e. The fraction of sp³-hybridized carbons (Fsp3) is 0. The lowest BCUT2D eigenvalue weighted by Crippen LogP contribution is -1.86. The zero-order valence-corrected chi connectivity index (χ0v) is 16.5. The van der Waals surface area contributed by atoms with Crippen LogP contribution in [0.25, 0.3) is 20.9 Å². The summed E-state index contributed by atoms with van der Waals surface area (Å²) in [5, 5.41) is 10.8. The highest BCUT2D eigenvalue weighted by Crippen LogP contribution is 2.48. The molecule has 132 valence electrons. The van der Waals surface area contributed by atoms with Crippen molar-refractivity contribution in [2.45, 2.75) is 8.42 Å². The number of non-ortho nitro benzene ring substituents is 1. The van der Waals surface area contributed by atoms with Crippen molar-refractivity contribution in [3.8, 4) is 20.9 Å². The Morgan fingerprint density at radius 3 is 2.00 bits per heavy atom. The average Bonchev–Trinajstić information content (AvgIpc) is 3.13. The van der Waals surface area contributed by atoms with Gasteiger partial charge in [0, 0.05) is 28.2 Å². The van der Waals surface area contributed by atoms with Gasteiger partial charge < -0.3 is 0 Å². The molecule has 6 heteroatoms. The smallest absolute Gasteiger partial charge is 0.258 e. The third-order valence-electron chi connectivity index (χ3n) is 3.90. The molecule has 0 amide bonds. The van der Waals surface area contributed by atoms with E-state index < -0.39 is 0 Å². The van der Waals surface area contributed by atoms with Gasteiger partial charge in [-0.1, -0.05) is 60.7 Å². The van der Waals surface area contributed by atoms with Crippen LogP contribution in [0.1, 0.15) is 0 Å². The van der Waals surface area contributed by atoms with E-state index in [-0.39, 0.29) is 10.6 Å². The molecule has 0 saturated heterocycles. The van der Waals surface area contributed by atoms with Crippen LogP contribution in [0.15, 0.2) is 93.3 Å². The van der Waals surface area contributed by atoms with E-state index in [1.54, 1.807) is 58.7 Å². The molecule has 0 aliphatic carbocycles. The first-order chi connectivity index (χ1) is 13.2. The fourth-order valence-electron chi connectivity index (χ4n) is 2.61. The van der Waals surface area contributed by atoms with E-state index in [9.17, 15) is 10.1 Å². The molecule has 0 saturated carbocycles. The molecule has 1 aromatic heterocycles. The molecule has 4 aromatic rings. The Labute approximate surface area is 169 Å². The third kappa shape index (κ3) is 4.08. The Morgan fingerprint density at radius 1 is 0.815 bits per heavy atom. The minimum absolute atomic E-state index is 0.115. The summed E-state index contributed by atoms with van der Waals surface area (Å²) in [5.74, 6) is 0. The van der Waals surface area contributed by atoms with Crippen LogP contribution < -0.4 is 0 Å². The summed E-state index contributed by atoms with van der Waals surface area (Å²) < 4.78 is 1.20. The Hall–Kier alpha value is -2.54. The summed E-state index contributed by atoms with van der Waals surface area (Å²) in [7, 11) is 0. The van der Waals surface area contributed by atoms with Crippen LogP contribution in [-0.2, 0) is 0 Å². The maximum atomic E-state index is 10.8. The Kier molecular flexibility index (Phi) is 5.29. The van der Waals surface area contributed by atoms with Crippen molar-refractivity contribution in [2.75, 3.05) is 0 Å². The predicted octanol–water partition coefficient (Wildman–Crippen LogP) is 7.48. The third-order valence-corrected chi connectivity index (χ3v) is 7.82. The molecule has 3 nitrogen and oxygen atoms in total. The van der Waals surface area contributed by atoms with Gasteiger partial charge in [0.05, 0.1) is 4.92 Å². The SMILES string of the molecule is O=[N+]([O-])c1ccc(Sc2sc(-c3ccccc3)c(-c3ccccc3)[s+]2)cc1. The van der Waals surface area contributed by atoms with Gasteiger partial charge in [-0.3, -0.25) is 10.1 Å². The van der Waals surface area contributed by atoms with E-state index in [0.717, 1.165) is 4.90 Å². The van der Waals surface area contributed by atoms with Crippen molar-refractivity contribution < 1.29 is 4.92 Å². The highest BCUT2D eigenvalue weighted by atomic mass is 32.2. The monoisotopic (exact) mass is 408 g/mol. The fourth-order valence-corrected chi connectivity index (χ4v) is 6.67. The Balaban J connectivity index is 1.72. The number of hydrogen-bond acceptors (Lipinski definition) is 4. The largest absolute Gasteiger partial charge is 0.318 e. The average molecular weight is 409 g/mol. The van der Waals surface area contributed by atoms with Crippen LogP contribution in [0.2, 0.25) is 0 Å². The molecule has 0 N–H and O–H groups in total. The van der Waals surface area contributed by atoms with Gasteiger partial charge in [-0.05, 0) is 23.9 Å². The van der Waals surface area contributed by atoms with Crippen LogP contribution >= 0.6 is 34.4 Å². The lowest BCUT2D eigenvalue weighted by Gasteiger charge is -1.96. The normalized spacial score (nSPS) is 10.7. The Bertz CT molecular complexity index is 1000. The molecule has 0 atom stereocenters. The number of nitro benzene ring substituents is 1. The van der Waals surface area contributed by atoms with Gasteiger partial charge in [-0.25, -0.2) is 0 Å². The van der Waals surface area contributed by atoms with Gasteiger partial charge in [-0.15, -0.1) is 0 Å². The standard InChI is InChI=1S/C21H14NO2S3/c23-22(24)17-11-13-18(14-12-17)25-21-26-19(15-7-3-1-4-8-15)20(27-21)16-9-5-2-6-10-16/h1-14H/q+1. The molecule has 0 aliphatic rings. The molecule has 0 bridgehead atoms. The lowest BCUT2D eigenvalue weighted by molar-refractivity contribution is -0.384. The summed E-state index contributed by atoms with van der Waals surface area (Å²) in [6.07, 6.45) is 0. The second-order valence-corrected chi connectivity index (χ2v) is 9.60. The maximum absolute atomic E-state index is 10.8. The highest BCUT2D eigenvalue weighted by Gasteiger charge is 2.26. The predicted molar refractivity (Wildman–Crippen MR) is 115 cm³/mol. The van der Waals surface area contributed by atoms with E-state index in [2.05, 4.69) is 48.5 Å². The molecular weight excluding hydrogens is 394 g/mol. The zero-order chi connectivity index (χ0) is 18.6. The summed E-state index contributed by atoms with van der Waals surface area (Å²) in [6.45, 7) is 0. The van der Waals surface area contributed by atoms with Crippen LogP contribution in [0.4, 0.5) is 5.69 Å². The van der Waals surface area contributed by atoms with Gasteiger partial charge in [-0.2, -0.15) is 0 Å². The van der Waals surface area contributed by atoms with Crippen molar-refractivity contribution in [2.24, 2.45) is 0 Å². The molecular formula is C21H14NO2S3+. The van der Waals surface area contributed by atoms with E-state index >= 15 is 0 Å².